The highest BCUT2D eigenvalue weighted by Crippen LogP contribution is 2.36. The second-order valence-electron chi connectivity index (χ2n) is 12.9. The summed E-state index contributed by atoms with van der Waals surface area (Å²) in [5, 5.41) is 1.13. The number of aromatic nitrogens is 6. The summed E-state index contributed by atoms with van der Waals surface area (Å²) in [5.74, 6) is 1.73. The van der Waals surface area contributed by atoms with Crippen LogP contribution in [0.2, 0.25) is 0 Å². The minimum absolute atomic E-state index is 0.112. The lowest BCUT2D eigenvalue weighted by atomic mass is 9.95. The van der Waals surface area contributed by atoms with Gasteiger partial charge in [0.1, 0.15) is 17.2 Å². The third kappa shape index (κ3) is 3.77. The van der Waals surface area contributed by atoms with Crippen molar-refractivity contribution in [1.29, 1.82) is 0 Å². The molecular weight excluding hydrogens is 492 g/mol. The Morgan fingerprint density at radius 1 is 0.675 bits per heavy atom. The fourth-order valence-electron chi connectivity index (χ4n) is 5.78. The van der Waals surface area contributed by atoms with E-state index in [0.717, 1.165) is 68.8 Å². The first kappa shape index (κ1) is 24.7. The number of rotatable bonds is 2. The van der Waals surface area contributed by atoms with E-state index in [1.54, 1.807) is 0 Å². The smallest absolute Gasteiger partial charge is 0.134 e. The number of aryl methyl sites for hydroxylation is 1. The number of benzene rings is 2. The second kappa shape index (κ2) is 8.59. The molecule has 0 unspecified atom stereocenters. The topological polar surface area (TPSA) is 61.4 Å². The summed E-state index contributed by atoms with van der Waals surface area (Å²) in [5.41, 5.74) is 9.61. The van der Waals surface area contributed by atoms with E-state index in [1.165, 1.54) is 11.3 Å². The molecule has 0 atom stereocenters. The van der Waals surface area contributed by atoms with Gasteiger partial charge in [-0.05, 0) is 43.2 Å². The van der Waals surface area contributed by atoms with Gasteiger partial charge < -0.3 is 9.13 Å². The predicted molar refractivity (Wildman–Crippen MR) is 164 cm³/mol. The molecule has 4 aromatic heterocycles. The molecular formula is C34H34N6. The molecule has 1 aliphatic carbocycles. The zero-order chi connectivity index (χ0) is 27.8. The summed E-state index contributed by atoms with van der Waals surface area (Å²) in [6.45, 7) is 13.0. The number of fused-ring (bicyclic) bond motifs is 6. The summed E-state index contributed by atoms with van der Waals surface area (Å²) >= 11 is 0. The number of hydrogen-bond donors (Lipinski definition) is 0. The number of hydrogen-bond acceptors (Lipinski definition) is 4. The molecule has 0 N–H and O–H groups in total. The summed E-state index contributed by atoms with van der Waals surface area (Å²) < 4.78 is 4.60. The molecule has 0 aliphatic heterocycles. The second-order valence-corrected chi connectivity index (χ2v) is 12.9. The molecule has 1 aliphatic rings. The van der Waals surface area contributed by atoms with E-state index < -0.39 is 0 Å². The van der Waals surface area contributed by atoms with Crippen LogP contribution in [0.1, 0.15) is 70.9 Å². The number of nitrogens with zero attached hydrogens (tertiary/aromatic N) is 6. The highest BCUT2D eigenvalue weighted by Gasteiger charge is 2.25. The molecule has 6 nitrogen and oxygen atoms in total. The van der Waals surface area contributed by atoms with Crippen LogP contribution in [0.25, 0.3) is 50.4 Å². The molecule has 0 saturated carbocycles. The van der Waals surface area contributed by atoms with Crippen molar-refractivity contribution in [1.82, 2.24) is 29.1 Å². The van der Waals surface area contributed by atoms with Crippen LogP contribution in [0.4, 0.5) is 0 Å². The quantitative estimate of drug-likeness (QED) is 0.230. The van der Waals surface area contributed by atoms with Gasteiger partial charge in [0.25, 0.3) is 0 Å². The summed E-state index contributed by atoms with van der Waals surface area (Å²) in [6.07, 6.45) is 10.5. The monoisotopic (exact) mass is 526 g/mol. The van der Waals surface area contributed by atoms with E-state index in [-0.39, 0.29) is 10.8 Å². The van der Waals surface area contributed by atoms with Crippen LogP contribution in [-0.2, 0) is 17.3 Å². The van der Waals surface area contributed by atoms with E-state index in [4.69, 9.17) is 19.9 Å². The molecule has 0 spiro atoms. The molecule has 6 aromatic rings. The fourth-order valence-corrected chi connectivity index (χ4v) is 5.78. The van der Waals surface area contributed by atoms with Crippen LogP contribution < -0.4 is 0 Å². The van der Waals surface area contributed by atoms with E-state index in [1.807, 2.05) is 12.4 Å². The van der Waals surface area contributed by atoms with Gasteiger partial charge in [-0.15, -0.1) is 0 Å². The van der Waals surface area contributed by atoms with Crippen molar-refractivity contribution < 1.29 is 0 Å². The summed E-state index contributed by atoms with van der Waals surface area (Å²) in [7, 11) is 0. The maximum absolute atomic E-state index is 5.10. The lowest BCUT2D eigenvalue weighted by Crippen LogP contribution is -2.15. The zero-order valence-electron chi connectivity index (χ0n) is 24.0. The zero-order valence-corrected chi connectivity index (χ0v) is 24.0. The van der Waals surface area contributed by atoms with Crippen molar-refractivity contribution in [2.75, 3.05) is 0 Å². The highest BCUT2D eigenvalue weighted by molar-refractivity contribution is 6.06. The lowest BCUT2D eigenvalue weighted by Gasteiger charge is -2.17. The van der Waals surface area contributed by atoms with Crippen molar-refractivity contribution in [3.05, 3.63) is 89.9 Å². The Hall–Kier alpha value is -4.32. The minimum atomic E-state index is -0.131. The van der Waals surface area contributed by atoms with Crippen LogP contribution in [0.15, 0.2) is 67.0 Å². The number of para-hydroxylation sites is 1. The van der Waals surface area contributed by atoms with Crippen LogP contribution in [-0.4, -0.2) is 29.1 Å². The maximum atomic E-state index is 5.10. The van der Waals surface area contributed by atoms with Gasteiger partial charge in [0, 0.05) is 33.2 Å². The first-order valence-corrected chi connectivity index (χ1v) is 14.1. The lowest BCUT2D eigenvalue weighted by molar-refractivity contribution is 0.548. The molecule has 6 heteroatoms. The van der Waals surface area contributed by atoms with Crippen molar-refractivity contribution in [3.8, 4) is 11.4 Å². The Kier molecular flexibility index (Phi) is 5.30. The van der Waals surface area contributed by atoms with Crippen molar-refractivity contribution >= 4 is 39.0 Å². The third-order valence-electron chi connectivity index (χ3n) is 7.78. The molecule has 4 heterocycles. The fraction of sp³-hybridized carbons (Fsp3) is 0.294. The third-order valence-corrected chi connectivity index (χ3v) is 7.78. The maximum Gasteiger partial charge on any atom is 0.134 e. The van der Waals surface area contributed by atoms with Crippen molar-refractivity contribution in [2.45, 2.75) is 65.2 Å². The van der Waals surface area contributed by atoms with Crippen LogP contribution in [0.5, 0.6) is 0 Å². The van der Waals surface area contributed by atoms with Gasteiger partial charge in [-0.3, -0.25) is 0 Å². The predicted octanol–water partition coefficient (Wildman–Crippen LogP) is 7.86. The molecule has 0 saturated heterocycles. The Morgan fingerprint density at radius 3 is 2.00 bits per heavy atom. The van der Waals surface area contributed by atoms with Gasteiger partial charge in [-0.1, -0.05) is 71.9 Å². The summed E-state index contributed by atoms with van der Waals surface area (Å²) in [4.78, 5) is 19.8. The minimum Gasteiger partial charge on any atom is -0.307 e. The molecule has 0 radical (unpaired) electrons. The van der Waals surface area contributed by atoms with Gasteiger partial charge in [-0.25, -0.2) is 19.9 Å². The molecule has 40 heavy (non-hydrogen) atoms. The molecule has 0 amide bonds. The Balaban J connectivity index is 1.47. The standard InChI is InChI=1S/C34H34N6/c1-33(2,3)31-35-19-27-29(37-31)23-14-7-9-16-25(23)39(27)21-12-11-13-22(18-21)40-26-17-10-8-15-24(26)30-28(40)20-36-32(38-30)34(4,5)6/h7,9-14,16-20H,8,15H2,1-6H3. The van der Waals surface area contributed by atoms with E-state index in [9.17, 15) is 0 Å². The van der Waals surface area contributed by atoms with Gasteiger partial charge in [0.2, 0.25) is 0 Å². The van der Waals surface area contributed by atoms with Gasteiger partial charge in [0.05, 0.1) is 40.2 Å². The Morgan fingerprint density at radius 2 is 1.30 bits per heavy atom. The molecule has 0 fully saturated rings. The molecule has 0 bridgehead atoms. The van der Waals surface area contributed by atoms with Gasteiger partial charge in [0.15, 0.2) is 0 Å². The van der Waals surface area contributed by atoms with E-state index in [0.29, 0.717) is 0 Å². The molecule has 7 rings (SSSR count). The van der Waals surface area contributed by atoms with Crippen LogP contribution in [0, 0.1) is 0 Å². The van der Waals surface area contributed by atoms with E-state index in [2.05, 4.69) is 111 Å². The number of allylic oxidation sites excluding steroid dienone is 1. The van der Waals surface area contributed by atoms with Crippen molar-refractivity contribution in [2.24, 2.45) is 0 Å². The highest BCUT2D eigenvalue weighted by atomic mass is 15.1. The summed E-state index contributed by atoms with van der Waals surface area (Å²) in [6, 6.07) is 17.2. The van der Waals surface area contributed by atoms with Crippen LogP contribution in [0.3, 0.4) is 0 Å². The van der Waals surface area contributed by atoms with Crippen molar-refractivity contribution in [3.63, 3.8) is 0 Å². The van der Waals surface area contributed by atoms with Gasteiger partial charge in [-0.2, -0.15) is 0 Å². The normalized spacial score (nSPS) is 13.9. The molecule has 2 aromatic carbocycles. The van der Waals surface area contributed by atoms with Crippen LogP contribution >= 0.6 is 0 Å². The van der Waals surface area contributed by atoms with Gasteiger partial charge >= 0.3 is 0 Å². The Bertz CT molecular complexity index is 1970. The average molecular weight is 527 g/mol. The first-order chi connectivity index (χ1) is 19.1. The largest absolute Gasteiger partial charge is 0.307 e. The molecule has 200 valence electrons. The van der Waals surface area contributed by atoms with E-state index >= 15 is 0 Å². The Labute approximate surface area is 234 Å². The first-order valence-electron chi connectivity index (χ1n) is 14.1. The average Bonchev–Trinajstić information content (AvgIpc) is 3.44. The SMILES string of the molecule is CC(C)(C)c1ncc2c(n1)c1c(n2-c2cccc(-n3c4ccccc4c4nc(C(C)(C)C)ncc43)c2)C=CCC1.